The molecule has 5 heteroatoms. The lowest BCUT2D eigenvalue weighted by Crippen LogP contribution is -2.26. The van der Waals surface area contributed by atoms with Gasteiger partial charge in [-0.15, -0.1) is 0 Å². The summed E-state index contributed by atoms with van der Waals surface area (Å²) in [6.45, 7) is 0.565. The lowest BCUT2D eigenvalue weighted by molar-refractivity contribution is 0.103. The van der Waals surface area contributed by atoms with Crippen molar-refractivity contribution in [3.63, 3.8) is 0 Å². The van der Waals surface area contributed by atoms with E-state index < -0.39 is 6.09 Å². The number of ether oxygens (including phenoxy) is 1. The monoisotopic (exact) mass is 474 g/mol. The molecule has 0 aliphatic heterocycles. The predicted molar refractivity (Wildman–Crippen MR) is 143 cm³/mol. The first-order valence-electron chi connectivity index (χ1n) is 11.9. The van der Waals surface area contributed by atoms with Gasteiger partial charge in [0.15, 0.2) is 5.78 Å². The summed E-state index contributed by atoms with van der Waals surface area (Å²) in [5, 5.41) is 2.76. The van der Waals surface area contributed by atoms with Crippen molar-refractivity contribution >= 4 is 23.6 Å². The van der Waals surface area contributed by atoms with E-state index in [9.17, 15) is 9.59 Å². The van der Waals surface area contributed by atoms with E-state index in [4.69, 9.17) is 10.5 Å². The summed E-state index contributed by atoms with van der Waals surface area (Å²) in [6, 6.07) is 30.8. The fraction of sp³-hybridized carbons (Fsp3) is 0.0968. The summed E-state index contributed by atoms with van der Waals surface area (Å²) in [5.41, 5.74) is 13.1. The number of ketones is 1. The van der Waals surface area contributed by atoms with Crippen LogP contribution >= 0.6 is 0 Å². The van der Waals surface area contributed by atoms with E-state index in [0.717, 1.165) is 5.56 Å². The summed E-state index contributed by atoms with van der Waals surface area (Å²) in [5.74, 6) is -0.103. The smallest absolute Gasteiger partial charge is 0.407 e. The molecule has 0 spiro atoms. The highest BCUT2D eigenvalue weighted by Gasteiger charge is 2.28. The Morgan fingerprint density at radius 3 is 2.17 bits per heavy atom. The number of nitrogen functional groups attached to an aromatic ring is 1. The van der Waals surface area contributed by atoms with Gasteiger partial charge in [0, 0.05) is 29.3 Å². The second kappa shape index (κ2) is 10.3. The van der Waals surface area contributed by atoms with Gasteiger partial charge in [0.05, 0.1) is 0 Å². The standard InChI is InChI=1S/C31H26N2O3/c32-29-17-16-21(19-27(29)30(34)22-10-2-1-3-11-22)9-8-18-33-31(35)36-20-28-25-14-6-4-12-23(25)24-13-5-7-15-26(24)28/h1-17,19,28H,18,20,32H2,(H,33,35). The Morgan fingerprint density at radius 1 is 0.833 bits per heavy atom. The van der Waals surface area contributed by atoms with Gasteiger partial charge in [0.2, 0.25) is 0 Å². The molecule has 0 saturated heterocycles. The summed E-state index contributed by atoms with van der Waals surface area (Å²) in [6.07, 6.45) is 3.17. The van der Waals surface area contributed by atoms with Gasteiger partial charge in [-0.1, -0.05) is 97.1 Å². The van der Waals surface area contributed by atoms with Gasteiger partial charge >= 0.3 is 6.09 Å². The molecular weight excluding hydrogens is 448 g/mol. The van der Waals surface area contributed by atoms with Crippen LogP contribution in [-0.4, -0.2) is 25.0 Å². The minimum absolute atomic E-state index is 0.0223. The van der Waals surface area contributed by atoms with Gasteiger partial charge in [-0.05, 0) is 39.9 Å². The Morgan fingerprint density at radius 2 is 1.47 bits per heavy atom. The molecule has 4 aromatic carbocycles. The van der Waals surface area contributed by atoms with Crippen molar-refractivity contribution < 1.29 is 14.3 Å². The van der Waals surface area contributed by atoms with Gasteiger partial charge in [-0.2, -0.15) is 0 Å². The fourth-order valence-corrected chi connectivity index (χ4v) is 4.61. The molecule has 1 aliphatic carbocycles. The Bertz CT molecular complexity index is 1400. The highest BCUT2D eigenvalue weighted by atomic mass is 16.5. The van der Waals surface area contributed by atoms with E-state index in [2.05, 4.69) is 29.6 Å². The van der Waals surface area contributed by atoms with E-state index in [1.165, 1.54) is 22.3 Å². The molecule has 1 aliphatic rings. The third kappa shape index (κ3) is 4.77. The molecule has 0 aromatic heterocycles. The average molecular weight is 475 g/mol. The quantitative estimate of drug-likeness (QED) is 0.252. The first-order valence-corrected chi connectivity index (χ1v) is 11.9. The van der Waals surface area contributed by atoms with Crippen molar-refractivity contribution in [3.05, 3.63) is 131 Å². The van der Waals surface area contributed by atoms with E-state index in [1.807, 2.05) is 60.7 Å². The molecule has 3 N–H and O–H groups in total. The van der Waals surface area contributed by atoms with Crippen molar-refractivity contribution in [2.75, 3.05) is 18.9 Å². The van der Waals surface area contributed by atoms with E-state index in [0.29, 0.717) is 23.4 Å². The zero-order valence-electron chi connectivity index (χ0n) is 19.7. The number of carbonyl (C=O) groups is 2. The third-order valence-corrected chi connectivity index (χ3v) is 6.38. The SMILES string of the molecule is Nc1ccc(C=CCNC(=O)OCC2c3ccccc3-c3ccccc32)cc1C(=O)c1ccccc1. The number of nitrogens with one attached hydrogen (secondary N) is 1. The van der Waals surface area contributed by atoms with Crippen molar-refractivity contribution in [2.24, 2.45) is 0 Å². The largest absolute Gasteiger partial charge is 0.449 e. The molecule has 178 valence electrons. The maximum absolute atomic E-state index is 12.8. The molecular formula is C31H26N2O3. The number of benzene rings is 4. The molecule has 0 atom stereocenters. The van der Waals surface area contributed by atoms with Crippen LogP contribution in [0.4, 0.5) is 10.5 Å². The van der Waals surface area contributed by atoms with Crippen LogP contribution in [0.15, 0.2) is 103 Å². The van der Waals surface area contributed by atoms with Crippen LogP contribution in [-0.2, 0) is 4.74 Å². The van der Waals surface area contributed by atoms with Crippen LogP contribution in [0.3, 0.4) is 0 Å². The molecule has 5 nitrogen and oxygen atoms in total. The highest BCUT2D eigenvalue weighted by molar-refractivity contribution is 6.12. The zero-order chi connectivity index (χ0) is 24.9. The van der Waals surface area contributed by atoms with E-state index in [-0.39, 0.29) is 18.3 Å². The van der Waals surface area contributed by atoms with Gasteiger partial charge in [-0.3, -0.25) is 4.79 Å². The van der Waals surface area contributed by atoms with Gasteiger partial charge in [-0.25, -0.2) is 4.79 Å². The molecule has 0 heterocycles. The number of carbonyl (C=O) groups excluding carboxylic acids is 2. The van der Waals surface area contributed by atoms with Crippen LogP contribution in [0.5, 0.6) is 0 Å². The molecule has 5 rings (SSSR count). The maximum atomic E-state index is 12.8. The number of amides is 1. The molecule has 0 fully saturated rings. The molecule has 0 unspecified atom stereocenters. The number of alkyl carbamates (subject to hydrolysis) is 1. The Balaban J connectivity index is 1.17. The fourth-order valence-electron chi connectivity index (χ4n) is 4.61. The summed E-state index contributed by atoms with van der Waals surface area (Å²) in [4.78, 5) is 25.1. The second-order valence-electron chi connectivity index (χ2n) is 8.65. The predicted octanol–water partition coefficient (Wildman–Crippen LogP) is 6.05. The van der Waals surface area contributed by atoms with Crippen molar-refractivity contribution in [3.8, 4) is 11.1 Å². The molecule has 1 amide bonds. The summed E-state index contributed by atoms with van der Waals surface area (Å²) < 4.78 is 5.56. The first-order chi connectivity index (χ1) is 17.6. The normalized spacial score (nSPS) is 12.2. The zero-order valence-corrected chi connectivity index (χ0v) is 19.7. The summed E-state index contributed by atoms with van der Waals surface area (Å²) >= 11 is 0. The lowest BCUT2D eigenvalue weighted by Gasteiger charge is -2.14. The topological polar surface area (TPSA) is 81.4 Å². The minimum Gasteiger partial charge on any atom is -0.449 e. The summed E-state index contributed by atoms with van der Waals surface area (Å²) in [7, 11) is 0. The van der Waals surface area contributed by atoms with Crippen LogP contribution in [0.1, 0.15) is 38.5 Å². The van der Waals surface area contributed by atoms with Gasteiger partial charge in [0.1, 0.15) is 6.61 Å². The third-order valence-electron chi connectivity index (χ3n) is 6.38. The average Bonchev–Trinajstić information content (AvgIpc) is 3.24. The Labute approximate surface area is 210 Å². The first kappa shape index (κ1) is 23.1. The van der Waals surface area contributed by atoms with Crippen LogP contribution in [0.2, 0.25) is 0 Å². The van der Waals surface area contributed by atoms with Crippen LogP contribution < -0.4 is 11.1 Å². The molecule has 0 saturated carbocycles. The van der Waals surface area contributed by atoms with Crippen molar-refractivity contribution in [1.82, 2.24) is 5.32 Å². The number of rotatable bonds is 7. The van der Waals surface area contributed by atoms with Crippen molar-refractivity contribution in [1.29, 1.82) is 0 Å². The Hall–Kier alpha value is -4.64. The van der Waals surface area contributed by atoms with Crippen LogP contribution in [0, 0.1) is 0 Å². The molecule has 36 heavy (non-hydrogen) atoms. The highest BCUT2D eigenvalue weighted by Crippen LogP contribution is 2.44. The Kier molecular flexibility index (Phi) is 6.63. The van der Waals surface area contributed by atoms with Crippen LogP contribution in [0.25, 0.3) is 17.2 Å². The van der Waals surface area contributed by atoms with Crippen molar-refractivity contribution in [2.45, 2.75) is 5.92 Å². The number of fused-ring (bicyclic) bond motifs is 3. The van der Waals surface area contributed by atoms with Gasteiger partial charge < -0.3 is 15.8 Å². The lowest BCUT2D eigenvalue weighted by atomic mass is 9.98. The molecule has 0 radical (unpaired) electrons. The number of nitrogens with two attached hydrogens (primary N) is 1. The molecule has 4 aromatic rings. The van der Waals surface area contributed by atoms with E-state index >= 15 is 0 Å². The number of anilines is 1. The second-order valence-corrected chi connectivity index (χ2v) is 8.65. The number of hydrogen-bond acceptors (Lipinski definition) is 4. The maximum Gasteiger partial charge on any atom is 0.407 e. The minimum atomic E-state index is -0.473. The number of hydrogen-bond donors (Lipinski definition) is 2. The molecule has 0 bridgehead atoms. The van der Waals surface area contributed by atoms with E-state index in [1.54, 1.807) is 24.3 Å². The van der Waals surface area contributed by atoms with Gasteiger partial charge in [0.25, 0.3) is 0 Å².